The fourth-order valence-electron chi connectivity index (χ4n) is 3.47. The number of hydrogen-bond donors (Lipinski definition) is 1. The maximum absolute atomic E-state index is 12.9. The molecule has 10 heteroatoms. The molecule has 1 aliphatic rings. The van der Waals surface area contributed by atoms with Gasteiger partial charge >= 0.3 is 0 Å². The third kappa shape index (κ3) is 4.10. The summed E-state index contributed by atoms with van der Waals surface area (Å²) in [6.07, 6.45) is 4.97. The standard InChI is InChI=1S/C20H22N6O3S/c1-2-30(28,29)26-12-17-6-4-3-5-16(17)9-18(26)20(27)23-11-15-7-8-19(22-10-15)25-14-21-13-24-25/h3-8,10,13-14,18H,2,9,11-12H2,1H3,(H,23,27)/t18-/m0/s1. The molecule has 2 aromatic heterocycles. The second-order valence-electron chi connectivity index (χ2n) is 7.02. The Bertz CT molecular complexity index is 1130. The minimum atomic E-state index is -3.53. The minimum Gasteiger partial charge on any atom is -0.351 e. The Kier molecular flexibility index (Phi) is 5.60. The Morgan fingerprint density at radius 3 is 2.67 bits per heavy atom. The van der Waals surface area contributed by atoms with Gasteiger partial charge in [0.15, 0.2) is 5.82 Å². The van der Waals surface area contributed by atoms with Crippen molar-refractivity contribution in [3.05, 3.63) is 71.9 Å². The number of carbonyl (C=O) groups is 1. The van der Waals surface area contributed by atoms with Crippen molar-refractivity contribution in [1.29, 1.82) is 0 Å². The molecule has 1 aromatic carbocycles. The topological polar surface area (TPSA) is 110 Å². The van der Waals surface area contributed by atoms with Crippen LogP contribution in [0.25, 0.3) is 5.82 Å². The predicted molar refractivity (Wildman–Crippen MR) is 110 cm³/mol. The van der Waals surface area contributed by atoms with Crippen LogP contribution in [-0.4, -0.2) is 50.2 Å². The third-order valence-electron chi connectivity index (χ3n) is 5.16. The van der Waals surface area contributed by atoms with Crippen LogP contribution < -0.4 is 5.32 Å². The lowest BCUT2D eigenvalue weighted by atomic mass is 9.95. The van der Waals surface area contributed by atoms with Crippen LogP contribution >= 0.6 is 0 Å². The van der Waals surface area contributed by atoms with E-state index in [0.29, 0.717) is 12.2 Å². The van der Waals surface area contributed by atoms with Crippen LogP contribution in [0.2, 0.25) is 0 Å². The van der Waals surface area contributed by atoms with Crippen LogP contribution in [0, 0.1) is 0 Å². The first-order valence-corrected chi connectivity index (χ1v) is 11.2. The molecule has 1 aliphatic heterocycles. The summed E-state index contributed by atoms with van der Waals surface area (Å²) in [6, 6.07) is 10.5. The van der Waals surface area contributed by atoms with Gasteiger partial charge in [0.1, 0.15) is 18.7 Å². The first-order chi connectivity index (χ1) is 14.5. The summed E-state index contributed by atoms with van der Waals surface area (Å²) >= 11 is 0. The molecule has 3 aromatic rings. The van der Waals surface area contributed by atoms with Gasteiger partial charge in [0.05, 0.1) is 5.75 Å². The van der Waals surface area contributed by atoms with Crippen LogP contribution in [0.15, 0.2) is 55.2 Å². The van der Waals surface area contributed by atoms with E-state index < -0.39 is 16.1 Å². The molecule has 0 aliphatic carbocycles. The highest BCUT2D eigenvalue weighted by molar-refractivity contribution is 7.89. The van der Waals surface area contributed by atoms with E-state index in [2.05, 4.69) is 20.4 Å². The lowest BCUT2D eigenvalue weighted by molar-refractivity contribution is -0.125. The number of rotatable bonds is 6. The Balaban J connectivity index is 1.48. The van der Waals surface area contributed by atoms with Gasteiger partial charge in [-0.05, 0) is 36.1 Å². The van der Waals surface area contributed by atoms with Crippen molar-refractivity contribution < 1.29 is 13.2 Å². The van der Waals surface area contributed by atoms with Crippen molar-refractivity contribution in [3.63, 3.8) is 0 Å². The van der Waals surface area contributed by atoms with E-state index in [1.165, 1.54) is 15.3 Å². The van der Waals surface area contributed by atoms with E-state index in [4.69, 9.17) is 0 Å². The minimum absolute atomic E-state index is 0.0490. The molecule has 1 amide bonds. The molecule has 0 saturated heterocycles. The fraction of sp³-hybridized carbons (Fsp3) is 0.300. The van der Waals surface area contributed by atoms with E-state index in [1.54, 1.807) is 25.5 Å². The predicted octanol–water partition coefficient (Wildman–Crippen LogP) is 1.06. The molecule has 1 N–H and O–H groups in total. The highest BCUT2D eigenvalue weighted by atomic mass is 32.2. The number of sulfonamides is 1. The lowest BCUT2D eigenvalue weighted by Gasteiger charge is -2.34. The zero-order valence-electron chi connectivity index (χ0n) is 16.5. The van der Waals surface area contributed by atoms with Crippen molar-refractivity contribution in [2.75, 3.05) is 5.75 Å². The summed E-state index contributed by atoms with van der Waals surface area (Å²) in [5, 5.41) is 6.88. The molecule has 0 unspecified atom stereocenters. The summed E-state index contributed by atoms with van der Waals surface area (Å²) < 4.78 is 28.1. The van der Waals surface area contributed by atoms with Crippen LogP contribution in [0.5, 0.6) is 0 Å². The number of benzene rings is 1. The van der Waals surface area contributed by atoms with Crippen LogP contribution in [0.4, 0.5) is 0 Å². The number of carbonyl (C=O) groups excluding carboxylic acids is 1. The maximum atomic E-state index is 12.9. The molecule has 30 heavy (non-hydrogen) atoms. The Morgan fingerprint density at radius 1 is 1.20 bits per heavy atom. The molecule has 0 bridgehead atoms. The van der Waals surface area contributed by atoms with Gasteiger partial charge in [-0.25, -0.2) is 23.1 Å². The second kappa shape index (κ2) is 8.33. The summed E-state index contributed by atoms with van der Waals surface area (Å²) in [5.74, 6) is 0.251. The SMILES string of the molecule is CCS(=O)(=O)N1Cc2ccccc2C[C@H]1C(=O)NCc1ccc(-n2cncn2)nc1. The van der Waals surface area contributed by atoms with Gasteiger partial charge in [-0.15, -0.1) is 0 Å². The molecule has 0 saturated carbocycles. The van der Waals surface area contributed by atoms with Crippen LogP contribution in [0.1, 0.15) is 23.6 Å². The van der Waals surface area contributed by atoms with Gasteiger partial charge in [0, 0.05) is 19.3 Å². The van der Waals surface area contributed by atoms with Crippen molar-refractivity contribution in [2.24, 2.45) is 0 Å². The smallest absolute Gasteiger partial charge is 0.239 e. The highest BCUT2D eigenvalue weighted by Gasteiger charge is 2.37. The van der Waals surface area contributed by atoms with E-state index in [-0.39, 0.29) is 24.7 Å². The molecule has 0 fully saturated rings. The molecule has 0 spiro atoms. The quantitative estimate of drug-likeness (QED) is 0.631. The number of aromatic nitrogens is 4. The highest BCUT2D eigenvalue weighted by Crippen LogP contribution is 2.26. The van der Waals surface area contributed by atoms with Gasteiger partial charge in [0.25, 0.3) is 0 Å². The second-order valence-corrected chi connectivity index (χ2v) is 9.23. The monoisotopic (exact) mass is 426 g/mol. The van der Waals surface area contributed by atoms with E-state index in [9.17, 15) is 13.2 Å². The average Bonchev–Trinajstić information content (AvgIpc) is 3.32. The number of nitrogens with zero attached hydrogens (tertiary/aromatic N) is 5. The maximum Gasteiger partial charge on any atom is 0.239 e. The number of nitrogens with one attached hydrogen (secondary N) is 1. The molecule has 3 heterocycles. The molecular weight excluding hydrogens is 404 g/mol. The Labute approximate surface area is 174 Å². The molecule has 1 atom stereocenters. The first-order valence-electron chi connectivity index (χ1n) is 9.62. The molecular formula is C20H22N6O3S. The molecule has 4 rings (SSSR count). The van der Waals surface area contributed by atoms with Gasteiger partial charge in [-0.1, -0.05) is 30.3 Å². The first kappa shape index (κ1) is 20.2. The zero-order chi connectivity index (χ0) is 21.1. The number of amides is 1. The fourth-order valence-corrected chi connectivity index (χ4v) is 4.70. The number of pyridine rings is 1. The van der Waals surface area contributed by atoms with E-state index >= 15 is 0 Å². The van der Waals surface area contributed by atoms with Crippen molar-refractivity contribution in [1.82, 2.24) is 29.4 Å². The Hall–Kier alpha value is -3.11. The summed E-state index contributed by atoms with van der Waals surface area (Å²) in [6.45, 7) is 2.05. The summed E-state index contributed by atoms with van der Waals surface area (Å²) in [5.41, 5.74) is 2.74. The van der Waals surface area contributed by atoms with Gasteiger partial charge in [-0.3, -0.25) is 4.79 Å². The normalized spacial score (nSPS) is 16.8. The van der Waals surface area contributed by atoms with Gasteiger partial charge in [-0.2, -0.15) is 9.40 Å². The number of hydrogen-bond acceptors (Lipinski definition) is 6. The molecule has 9 nitrogen and oxygen atoms in total. The van der Waals surface area contributed by atoms with Crippen molar-refractivity contribution >= 4 is 15.9 Å². The van der Waals surface area contributed by atoms with Crippen molar-refractivity contribution in [2.45, 2.75) is 32.5 Å². The third-order valence-corrected chi connectivity index (χ3v) is 6.99. The Morgan fingerprint density at radius 2 is 2.00 bits per heavy atom. The number of fused-ring (bicyclic) bond motifs is 1. The average molecular weight is 427 g/mol. The summed E-state index contributed by atoms with van der Waals surface area (Å²) in [7, 11) is -3.53. The zero-order valence-corrected chi connectivity index (χ0v) is 17.3. The van der Waals surface area contributed by atoms with Gasteiger partial charge < -0.3 is 5.32 Å². The molecule has 156 valence electrons. The van der Waals surface area contributed by atoms with Gasteiger partial charge in [0.2, 0.25) is 15.9 Å². The summed E-state index contributed by atoms with van der Waals surface area (Å²) in [4.78, 5) is 21.1. The van der Waals surface area contributed by atoms with Crippen molar-refractivity contribution in [3.8, 4) is 5.82 Å². The largest absolute Gasteiger partial charge is 0.351 e. The van der Waals surface area contributed by atoms with Crippen LogP contribution in [0.3, 0.4) is 0 Å². The van der Waals surface area contributed by atoms with E-state index in [1.807, 2.05) is 30.3 Å². The molecule has 0 radical (unpaired) electrons. The lowest BCUT2D eigenvalue weighted by Crippen LogP contribution is -2.52. The van der Waals surface area contributed by atoms with E-state index in [0.717, 1.165) is 16.7 Å². The van der Waals surface area contributed by atoms with Crippen LogP contribution in [-0.2, 0) is 34.3 Å².